The Morgan fingerprint density at radius 2 is 0.734 bits per heavy atom. The van der Waals surface area contributed by atoms with Crippen LogP contribution in [-0.4, -0.2) is 4.57 Å². The molecule has 15 rings (SSSR count). The fraction of sp³-hybridized carbons (Fsp3) is 0.0130. The maximum atomic E-state index is 2.47. The van der Waals surface area contributed by atoms with Crippen molar-refractivity contribution in [1.29, 1.82) is 0 Å². The van der Waals surface area contributed by atoms with Crippen LogP contribution in [0.3, 0.4) is 0 Å². The van der Waals surface area contributed by atoms with E-state index in [0.29, 0.717) is 0 Å². The summed E-state index contributed by atoms with van der Waals surface area (Å²) in [4.78, 5) is 2.44. The van der Waals surface area contributed by atoms with Gasteiger partial charge in [-0.05, 0) is 138 Å². The third-order valence-corrected chi connectivity index (χ3v) is 16.5. The number of anilines is 3. The van der Waals surface area contributed by atoms with E-state index in [1.54, 1.807) is 0 Å². The predicted octanol–water partition coefficient (Wildman–Crippen LogP) is 20.4. The SMILES string of the molecule is c1ccc(-c2ccccc2-c2ccccc2-c2ccc(N(c3ccc(-c4ccc5c6ccc7ccccc7c6n(-c6ccccc6)c5c4)cc3)c3ccc4c(c3)C(c3ccccc3)(c3ccccc3)c3ccccc3-4)cc2)cc1. The van der Waals surface area contributed by atoms with E-state index in [-0.39, 0.29) is 0 Å². The van der Waals surface area contributed by atoms with Gasteiger partial charge in [-0.2, -0.15) is 0 Å². The van der Waals surface area contributed by atoms with Crippen LogP contribution in [0.5, 0.6) is 0 Å². The smallest absolute Gasteiger partial charge is 0.0714 e. The van der Waals surface area contributed by atoms with Crippen LogP contribution in [0, 0.1) is 0 Å². The van der Waals surface area contributed by atoms with Gasteiger partial charge in [0.15, 0.2) is 0 Å². The Kier molecular flexibility index (Phi) is 11.1. The van der Waals surface area contributed by atoms with Gasteiger partial charge in [-0.15, -0.1) is 0 Å². The van der Waals surface area contributed by atoms with Gasteiger partial charge in [0.25, 0.3) is 0 Å². The lowest BCUT2D eigenvalue weighted by atomic mass is 9.67. The molecule has 14 aromatic rings. The monoisotopic (exact) mass is 1000 g/mol. The molecule has 370 valence electrons. The van der Waals surface area contributed by atoms with Gasteiger partial charge in [0.05, 0.1) is 16.4 Å². The van der Waals surface area contributed by atoms with E-state index in [9.17, 15) is 0 Å². The molecule has 1 aliphatic rings. The summed E-state index contributed by atoms with van der Waals surface area (Å²) in [5, 5.41) is 4.97. The maximum absolute atomic E-state index is 2.47. The molecule has 0 unspecified atom stereocenters. The van der Waals surface area contributed by atoms with Crippen LogP contribution in [0.1, 0.15) is 22.3 Å². The Labute approximate surface area is 461 Å². The van der Waals surface area contributed by atoms with Crippen molar-refractivity contribution >= 4 is 49.6 Å². The largest absolute Gasteiger partial charge is 0.310 e. The predicted molar refractivity (Wildman–Crippen MR) is 332 cm³/mol. The number of aromatic nitrogens is 1. The summed E-state index contributed by atoms with van der Waals surface area (Å²) in [7, 11) is 0. The fourth-order valence-corrected chi connectivity index (χ4v) is 13.0. The normalized spacial score (nSPS) is 12.4. The first-order valence-corrected chi connectivity index (χ1v) is 27.3. The van der Waals surface area contributed by atoms with Crippen LogP contribution in [-0.2, 0) is 5.41 Å². The molecule has 0 spiro atoms. The number of rotatable bonds is 10. The first-order valence-electron chi connectivity index (χ1n) is 27.3. The molecular weight excluding hydrogens is 953 g/mol. The molecular formula is C77H52N2. The highest BCUT2D eigenvalue weighted by molar-refractivity contribution is 6.19. The van der Waals surface area contributed by atoms with E-state index in [1.165, 1.54) is 93.8 Å². The number of hydrogen-bond acceptors (Lipinski definition) is 1. The molecule has 1 aromatic heterocycles. The molecule has 1 heterocycles. The van der Waals surface area contributed by atoms with Crippen LogP contribution in [0.25, 0.3) is 93.9 Å². The molecule has 2 nitrogen and oxygen atoms in total. The van der Waals surface area contributed by atoms with Gasteiger partial charge in [-0.3, -0.25) is 0 Å². The average molecular weight is 1010 g/mol. The van der Waals surface area contributed by atoms with Gasteiger partial charge in [0.1, 0.15) is 0 Å². The molecule has 0 saturated carbocycles. The summed E-state index contributed by atoms with van der Waals surface area (Å²) in [5.74, 6) is 0. The molecule has 0 saturated heterocycles. The van der Waals surface area contributed by atoms with Gasteiger partial charge < -0.3 is 9.47 Å². The Morgan fingerprint density at radius 1 is 0.266 bits per heavy atom. The van der Waals surface area contributed by atoms with Crippen molar-refractivity contribution in [2.45, 2.75) is 5.41 Å². The zero-order valence-corrected chi connectivity index (χ0v) is 43.4. The molecule has 0 bridgehead atoms. The highest BCUT2D eigenvalue weighted by Gasteiger charge is 2.46. The van der Waals surface area contributed by atoms with Crippen molar-refractivity contribution < 1.29 is 0 Å². The molecule has 0 atom stereocenters. The van der Waals surface area contributed by atoms with Gasteiger partial charge >= 0.3 is 0 Å². The fourth-order valence-electron chi connectivity index (χ4n) is 13.0. The minimum Gasteiger partial charge on any atom is -0.310 e. The Morgan fingerprint density at radius 3 is 1.38 bits per heavy atom. The minimum atomic E-state index is -0.545. The summed E-state index contributed by atoms with van der Waals surface area (Å²) < 4.78 is 2.45. The van der Waals surface area contributed by atoms with Gasteiger partial charge in [-0.25, -0.2) is 0 Å². The number of fused-ring (bicyclic) bond motifs is 8. The zero-order valence-electron chi connectivity index (χ0n) is 43.4. The summed E-state index contributed by atoms with van der Waals surface area (Å²) in [6.45, 7) is 0. The summed E-state index contributed by atoms with van der Waals surface area (Å²) in [6, 6.07) is 116. The maximum Gasteiger partial charge on any atom is 0.0714 e. The first-order chi connectivity index (χ1) is 39.2. The molecule has 1 aliphatic carbocycles. The van der Waals surface area contributed by atoms with E-state index in [0.717, 1.165) is 39.4 Å². The van der Waals surface area contributed by atoms with Crippen molar-refractivity contribution in [2.75, 3.05) is 4.90 Å². The minimum absolute atomic E-state index is 0.545. The average Bonchev–Trinajstić information content (AvgIpc) is 4.27. The van der Waals surface area contributed by atoms with Crippen molar-refractivity contribution in [3.8, 4) is 61.3 Å². The third kappa shape index (κ3) is 7.56. The van der Waals surface area contributed by atoms with Crippen LogP contribution >= 0.6 is 0 Å². The molecule has 13 aromatic carbocycles. The zero-order chi connectivity index (χ0) is 52.3. The van der Waals surface area contributed by atoms with Crippen molar-refractivity contribution in [1.82, 2.24) is 4.57 Å². The van der Waals surface area contributed by atoms with E-state index >= 15 is 0 Å². The van der Waals surface area contributed by atoms with Crippen molar-refractivity contribution in [3.05, 3.63) is 338 Å². The second-order valence-electron chi connectivity index (χ2n) is 20.7. The van der Waals surface area contributed by atoms with Crippen LogP contribution in [0.2, 0.25) is 0 Å². The standard InChI is InChI=1S/C77H52N2/c1-5-21-54(22-6-1)64-30-15-17-33-67(64)68-34-18-16-31-65(68)56-39-45-62(46-40-56)78(63-47-50-70-69-35-19-20-36-73(69)77(74(70)52-63,58-24-7-2-8-25-58)59-26-9-3-10-27-59)61-43-37-53(38-44-61)57-42-48-71-72-49-41-55-23-13-14-32-66(55)76(72)79(75(71)51-57)60-28-11-4-12-29-60/h1-52H. The molecule has 2 heteroatoms. The molecule has 0 radical (unpaired) electrons. The molecule has 0 aliphatic heterocycles. The topological polar surface area (TPSA) is 8.17 Å². The second kappa shape index (κ2) is 19.1. The molecule has 0 N–H and O–H groups in total. The number of para-hydroxylation sites is 1. The number of hydrogen-bond donors (Lipinski definition) is 0. The summed E-state index contributed by atoms with van der Waals surface area (Å²) in [5.41, 5.74) is 23.3. The van der Waals surface area contributed by atoms with Crippen LogP contribution < -0.4 is 4.90 Å². The quantitative estimate of drug-likeness (QED) is 0.133. The summed E-state index contributed by atoms with van der Waals surface area (Å²) >= 11 is 0. The lowest BCUT2D eigenvalue weighted by Crippen LogP contribution is -2.28. The van der Waals surface area contributed by atoms with E-state index in [2.05, 4.69) is 325 Å². The van der Waals surface area contributed by atoms with Gasteiger partial charge in [-0.1, -0.05) is 261 Å². The van der Waals surface area contributed by atoms with E-state index in [4.69, 9.17) is 0 Å². The summed E-state index contributed by atoms with van der Waals surface area (Å²) in [6.07, 6.45) is 0. The number of benzene rings is 13. The van der Waals surface area contributed by atoms with Crippen molar-refractivity contribution in [2.24, 2.45) is 0 Å². The molecule has 79 heavy (non-hydrogen) atoms. The Bertz CT molecular complexity index is 4520. The van der Waals surface area contributed by atoms with Gasteiger partial charge in [0, 0.05) is 38.9 Å². The van der Waals surface area contributed by atoms with E-state index < -0.39 is 5.41 Å². The lowest BCUT2D eigenvalue weighted by molar-refractivity contribution is 0.768. The van der Waals surface area contributed by atoms with Crippen LogP contribution in [0.15, 0.2) is 315 Å². The second-order valence-corrected chi connectivity index (χ2v) is 20.7. The highest BCUT2D eigenvalue weighted by Crippen LogP contribution is 2.57. The Hall–Kier alpha value is -10.3. The van der Waals surface area contributed by atoms with Crippen molar-refractivity contribution in [3.63, 3.8) is 0 Å². The van der Waals surface area contributed by atoms with E-state index in [1.807, 2.05) is 0 Å². The number of nitrogens with zero attached hydrogens (tertiary/aromatic N) is 2. The first kappa shape index (κ1) is 46.1. The molecule has 0 fully saturated rings. The lowest BCUT2D eigenvalue weighted by Gasteiger charge is -2.35. The van der Waals surface area contributed by atoms with Crippen LogP contribution in [0.4, 0.5) is 17.1 Å². The third-order valence-electron chi connectivity index (χ3n) is 16.5. The Balaban J connectivity index is 0.891. The highest BCUT2D eigenvalue weighted by atomic mass is 15.1. The van der Waals surface area contributed by atoms with Gasteiger partial charge in [0.2, 0.25) is 0 Å². The molecule has 0 amide bonds.